The zero-order chi connectivity index (χ0) is 20.3. The fraction of sp³-hybridized carbons (Fsp3) is 0. The van der Waals surface area contributed by atoms with Gasteiger partial charge in [0.05, 0.1) is 0 Å². The quantitative estimate of drug-likeness (QED) is 0.304. The van der Waals surface area contributed by atoms with Gasteiger partial charge in [0.15, 0.2) is 0 Å². The van der Waals surface area contributed by atoms with Crippen molar-refractivity contribution in [2.75, 3.05) is 34.4 Å². The van der Waals surface area contributed by atoms with Gasteiger partial charge in [0.25, 0.3) is 0 Å². The standard InChI is InChI=1S/C22H24N6/c23-17-5-7-19(25)13(9-17)1-3-15-11-22(28)16(12-21(15)27)4-2-14-10-18(24)6-8-20(14)26/h1-12H,23-28H2. The van der Waals surface area contributed by atoms with Crippen molar-refractivity contribution in [2.24, 2.45) is 0 Å². The van der Waals surface area contributed by atoms with Gasteiger partial charge in [-0.05, 0) is 70.8 Å². The third-order valence-electron chi connectivity index (χ3n) is 4.40. The van der Waals surface area contributed by atoms with Gasteiger partial charge in [-0.1, -0.05) is 24.3 Å². The van der Waals surface area contributed by atoms with Gasteiger partial charge < -0.3 is 34.4 Å². The first-order valence-corrected chi connectivity index (χ1v) is 8.68. The fourth-order valence-electron chi connectivity index (χ4n) is 2.79. The van der Waals surface area contributed by atoms with E-state index in [2.05, 4.69) is 0 Å². The molecule has 3 rings (SSSR count). The highest BCUT2D eigenvalue weighted by Crippen LogP contribution is 2.27. The Morgan fingerprint density at radius 3 is 1.07 bits per heavy atom. The van der Waals surface area contributed by atoms with E-state index in [0.717, 1.165) is 22.3 Å². The van der Waals surface area contributed by atoms with Crippen molar-refractivity contribution in [3.63, 3.8) is 0 Å². The SMILES string of the molecule is Nc1ccc(N)c(C=Cc2cc(N)c(C=Cc3cc(N)ccc3N)cc2N)c1. The molecule has 0 bridgehead atoms. The third kappa shape index (κ3) is 4.19. The van der Waals surface area contributed by atoms with Gasteiger partial charge in [-0.15, -0.1) is 0 Å². The highest BCUT2D eigenvalue weighted by atomic mass is 14.6. The van der Waals surface area contributed by atoms with Crippen LogP contribution in [-0.2, 0) is 0 Å². The summed E-state index contributed by atoms with van der Waals surface area (Å²) in [7, 11) is 0. The summed E-state index contributed by atoms with van der Waals surface area (Å²) in [6.07, 6.45) is 7.44. The highest BCUT2D eigenvalue weighted by molar-refractivity contribution is 5.86. The van der Waals surface area contributed by atoms with E-state index in [4.69, 9.17) is 34.4 Å². The van der Waals surface area contributed by atoms with Crippen LogP contribution in [0.15, 0.2) is 48.5 Å². The number of nitrogens with two attached hydrogens (primary N) is 6. The number of hydrogen-bond acceptors (Lipinski definition) is 6. The van der Waals surface area contributed by atoms with E-state index >= 15 is 0 Å². The minimum atomic E-state index is 0.591. The van der Waals surface area contributed by atoms with Crippen LogP contribution in [0.2, 0.25) is 0 Å². The van der Waals surface area contributed by atoms with E-state index in [9.17, 15) is 0 Å². The average molecular weight is 372 g/mol. The lowest BCUT2D eigenvalue weighted by Gasteiger charge is -2.08. The maximum absolute atomic E-state index is 6.20. The molecule has 0 saturated carbocycles. The number of benzene rings is 3. The zero-order valence-corrected chi connectivity index (χ0v) is 15.4. The normalized spacial score (nSPS) is 11.4. The van der Waals surface area contributed by atoms with Crippen LogP contribution in [0.5, 0.6) is 0 Å². The first-order valence-electron chi connectivity index (χ1n) is 8.68. The number of anilines is 6. The van der Waals surface area contributed by atoms with Crippen LogP contribution in [0, 0.1) is 0 Å². The van der Waals surface area contributed by atoms with Crippen molar-refractivity contribution in [1.82, 2.24) is 0 Å². The smallest absolute Gasteiger partial charge is 0.0395 e. The van der Waals surface area contributed by atoms with Crippen molar-refractivity contribution in [1.29, 1.82) is 0 Å². The summed E-state index contributed by atoms with van der Waals surface area (Å²) in [6.45, 7) is 0. The summed E-state index contributed by atoms with van der Waals surface area (Å²) >= 11 is 0. The molecule has 3 aromatic carbocycles. The maximum atomic E-state index is 6.20. The van der Waals surface area contributed by atoms with Crippen molar-refractivity contribution < 1.29 is 0 Å². The Balaban J connectivity index is 1.88. The van der Waals surface area contributed by atoms with Crippen LogP contribution < -0.4 is 34.4 Å². The summed E-state index contributed by atoms with van der Waals surface area (Å²) in [5, 5.41) is 0. The first-order chi connectivity index (χ1) is 13.3. The lowest BCUT2D eigenvalue weighted by molar-refractivity contribution is 1.59. The molecule has 0 aliphatic rings. The molecular weight excluding hydrogens is 348 g/mol. The molecule has 0 unspecified atom stereocenters. The van der Waals surface area contributed by atoms with Gasteiger partial charge in [-0.2, -0.15) is 0 Å². The molecule has 142 valence electrons. The van der Waals surface area contributed by atoms with Crippen molar-refractivity contribution in [3.05, 3.63) is 70.8 Å². The number of nitrogen functional groups attached to an aromatic ring is 6. The molecule has 0 aliphatic heterocycles. The molecule has 0 amide bonds. The Kier molecular flexibility index (Phi) is 5.13. The van der Waals surface area contributed by atoms with Gasteiger partial charge in [-0.25, -0.2) is 0 Å². The predicted octanol–water partition coefficient (Wildman–Crippen LogP) is 3.52. The first kappa shape index (κ1) is 18.7. The highest BCUT2D eigenvalue weighted by Gasteiger charge is 2.04. The summed E-state index contributed by atoms with van der Waals surface area (Å²) in [5.74, 6) is 0. The summed E-state index contributed by atoms with van der Waals surface area (Å²) < 4.78 is 0. The number of hydrogen-bond donors (Lipinski definition) is 6. The van der Waals surface area contributed by atoms with Gasteiger partial charge in [0.2, 0.25) is 0 Å². The molecule has 28 heavy (non-hydrogen) atoms. The molecular formula is C22H24N6. The lowest BCUT2D eigenvalue weighted by Crippen LogP contribution is -1.97. The molecule has 0 atom stereocenters. The summed E-state index contributed by atoms with van der Waals surface area (Å²) in [6, 6.07) is 14.3. The van der Waals surface area contributed by atoms with Crippen LogP contribution in [-0.4, -0.2) is 0 Å². The zero-order valence-electron chi connectivity index (χ0n) is 15.4. The Bertz CT molecular complexity index is 995. The van der Waals surface area contributed by atoms with Crippen molar-refractivity contribution in [2.45, 2.75) is 0 Å². The second kappa shape index (κ2) is 7.67. The van der Waals surface area contributed by atoms with Crippen molar-refractivity contribution in [3.8, 4) is 0 Å². The predicted molar refractivity (Wildman–Crippen MR) is 124 cm³/mol. The molecule has 0 spiro atoms. The van der Waals surface area contributed by atoms with Gasteiger partial charge in [-0.3, -0.25) is 0 Å². The lowest BCUT2D eigenvalue weighted by atomic mass is 10.0. The molecule has 6 nitrogen and oxygen atoms in total. The van der Waals surface area contributed by atoms with Gasteiger partial charge in [0.1, 0.15) is 0 Å². The minimum absolute atomic E-state index is 0.591. The Hall–Kier alpha value is -4.06. The van der Waals surface area contributed by atoms with E-state index in [0.29, 0.717) is 34.1 Å². The number of rotatable bonds is 4. The maximum Gasteiger partial charge on any atom is 0.0395 e. The van der Waals surface area contributed by atoms with E-state index in [-0.39, 0.29) is 0 Å². The van der Waals surface area contributed by atoms with Crippen LogP contribution >= 0.6 is 0 Å². The van der Waals surface area contributed by atoms with E-state index in [1.54, 1.807) is 36.4 Å². The van der Waals surface area contributed by atoms with Crippen LogP contribution in [0.4, 0.5) is 34.1 Å². The Morgan fingerprint density at radius 2 is 0.714 bits per heavy atom. The Labute approximate surface area is 164 Å². The molecule has 0 aliphatic carbocycles. The van der Waals surface area contributed by atoms with E-state index in [1.165, 1.54) is 0 Å². The minimum Gasteiger partial charge on any atom is -0.399 e. The van der Waals surface area contributed by atoms with E-state index < -0.39 is 0 Å². The van der Waals surface area contributed by atoms with Crippen LogP contribution in [0.1, 0.15) is 22.3 Å². The third-order valence-corrected chi connectivity index (χ3v) is 4.40. The Morgan fingerprint density at radius 1 is 0.393 bits per heavy atom. The van der Waals surface area contributed by atoms with Crippen LogP contribution in [0.25, 0.3) is 24.3 Å². The molecule has 0 aromatic heterocycles. The van der Waals surface area contributed by atoms with Gasteiger partial charge >= 0.3 is 0 Å². The average Bonchev–Trinajstić information content (AvgIpc) is 2.66. The molecule has 0 heterocycles. The summed E-state index contributed by atoms with van der Waals surface area (Å²) in [5.41, 5.74) is 42.9. The molecule has 0 radical (unpaired) electrons. The molecule has 3 aromatic rings. The van der Waals surface area contributed by atoms with Crippen molar-refractivity contribution >= 4 is 58.4 Å². The van der Waals surface area contributed by atoms with Gasteiger partial charge in [0, 0.05) is 34.1 Å². The monoisotopic (exact) mass is 372 g/mol. The summed E-state index contributed by atoms with van der Waals surface area (Å²) in [4.78, 5) is 0. The molecule has 6 heteroatoms. The van der Waals surface area contributed by atoms with Crippen LogP contribution in [0.3, 0.4) is 0 Å². The molecule has 12 N–H and O–H groups in total. The largest absolute Gasteiger partial charge is 0.399 e. The van der Waals surface area contributed by atoms with E-state index in [1.807, 2.05) is 36.4 Å². The second-order valence-corrected chi connectivity index (χ2v) is 6.55. The topological polar surface area (TPSA) is 156 Å². The second-order valence-electron chi connectivity index (χ2n) is 6.55. The molecule has 0 saturated heterocycles. The fourth-order valence-corrected chi connectivity index (χ4v) is 2.79. The molecule has 0 fully saturated rings.